The zero-order valence-corrected chi connectivity index (χ0v) is 19.0. The molecule has 0 amide bonds. The van der Waals surface area contributed by atoms with Gasteiger partial charge in [0.05, 0.1) is 25.8 Å². The van der Waals surface area contributed by atoms with Crippen molar-refractivity contribution in [2.75, 3.05) is 45.3 Å². The fourth-order valence-corrected chi connectivity index (χ4v) is 4.00. The van der Waals surface area contributed by atoms with Gasteiger partial charge < -0.3 is 24.8 Å². The van der Waals surface area contributed by atoms with Crippen LogP contribution >= 0.6 is 0 Å². The SMILES string of the molecule is COCCOc1ccc(NC2CCNCC(Cn3cncn3)(c3ccc(F)cc3F)OC2)cc1. The Bertz CT molecular complexity index is 1040. The molecule has 1 fully saturated rings. The highest BCUT2D eigenvalue weighted by Crippen LogP contribution is 2.32. The standard InChI is InChI=1S/C24H29F2N5O3/c1-32-10-11-33-21-5-3-19(4-6-21)30-20-8-9-27-14-24(34-13-20,15-31-17-28-16-29-31)22-7-2-18(25)12-23(22)26/h2-7,12,16-17,20,27,30H,8-11,13-15H2,1H3. The van der Waals surface area contributed by atoms with Crippen LogP contribution in [-0.4, -0.2) is 60.8 Å². The Morgan fingerprint density at radius 3 is 2.79 bits per heavy atom. The van der Waals surface area contributed by atoms with Gasteiger partial charge in [0.2, 0.25) is 0 Å². The first-order chi connectivity index (χ1) is 16.6. The number of benzene rings is 2. The molecule has 0 spiro atoms. The number of ether oxygens (including phenoxy) is 3. The Kier molecular flexibility index (Phi) is 8.04. The molecule has 3 aromatic rings. The third-order valence-corrected chi connectivity index (χ3v) is 5.73. The molecule has 8 nitrogen and oxygen atoms in total. The largest absolute Gasteiger partial charge is 0.491 e. The van der Waals surface area contributed by atoms with E-state index in [2.05, 4.69) is 20.7 Å². The third kappa shape index (κ3) is 6.07. The number of halogens is 2. The van der Waals surface area contributed by atoms with Crippen LogP contribution in [-0.2, 0) is 21.6 Å². The molecule has 1 aliphatic rings. The summed E-state index contributed by atoms with van der Waals surface area (Å²) in [6.07, 6.45) is 3.77. The molecule has 0 radical (unpaired) electrons. The number of anilines is 1. The number of rotatable bonds is 9. The summed E-state index contributed by atoms with van der Waals surface area (Å²) in [6.45, 7) is 2.59. The lowest BCUT2D eigenvalue weighted by molar-refractivity contribution is -0.0755. The van der Waals surface area contributed by atoms with Crippen molar-refractivity contribution in [3.63, 3.8) is 0 Å². The van der Waals surface area contributed by atoms with Crippen molar-refractivity contribution in [1.29, 1.82) is 0 Å². The van der Waals surface area contributed by atoms with E-state index in [1.807, 2.05) is 24.3 Å². The van der Waals surface area contributed by atoms with Crippen molar-refractivity contribution in [2.24, 2.45) is 0 Å². The number of aromatic nitrogens is 3. The summed E-state index contributed by atoms with van der Waals surface area (Å²) in [5.41, 5.74) is 0.100. The summed E-state index contributed by atoms with van der Waals surface area (Å²) in [4.78, 5) is 3.98. The van der Waals surface area contributed by atoms with Crippen molar-refractivity contribution >= 4 is 5.69 Å². The van der Waals surface area contributed by atoms with Gasteiger partial charge in [-0.1, -0.05) is 6.07 Å². The predicted molar refractivity (Wildman–Crippen MR) is 123 cm³/mol. The van der Waals surface area contributed by atoms with Gasteiger partial charge in [0.15, 0.2) is 0 Å². The Labute approximate surface area is 197 Å². The Hall–Kier alpha value is -3.08. The Morgan fingerprint density at radius 2 is 2.06 bits per heavy atom. The van der Waals surface area contributed by atoms with E-state index in [1.165, 1.54) is 18.5 Å². The van der Waals surface area contributed by atoms with Gasteiger partial charge in [-0.2, -0.15) is 5.10 Å². The second-order valence-corrected chi connectivity index (χ2v) is 8.19. The van der Waals surface area contributed by atoms with Gasteiger partial charge in [-0.15, -0.1) is 0 Å². The van der Waals surface area contributed by atoms with E-state index in [0.29, 0.717) is 32.9 Å². The molecule has 34 heavy (non-hydrogen) atoms. The molecule has 1 aliphatic heterocycles. The molecule has 0 saturated carbocycles. The normalized spacial score (nSPS) is 21.0. The molecule has 0 bridgehead atoms. The van der Waals surface area contributed by atoms with Crippen LogP contribution in [0.4, 0.5) is 14.5 Å². The van der Waals surface area contributed by atoms with Gasteiger partial charge in [0.1, 0.15) is 42.2 Å². The molecule has 2 atom stereocenters. The minimum atomic E-state index is -1.09. The van der Waals surface area contributed by atoms with Crippen molar-refractivity contribution < 1.29 is 23.0 Å². The Balaban J connectivity index is 1.49. The number of nitrogens with zero attached hydrogens (tertiary/aromatic N) is 3. The summed E-state index contributed by atoms with van der Waals surface area (Å²) in [5, 5.41) is 11.0. The van der Waals surface area contributed by atoms with Crippen LogP contribution in [0.1, 0.15) is 12.0 Å². The van der Waals surface area contributed by atoms with E-state index in [4.69, 9.17) is 14.2 Å². The monoisotopic (exact) mass is 473 g/mol. The second kappa shape index (κ2) is 11.4. The summed E-state index contributed by atoms with van der Waals surface area (Å²) in [6, 6.07) is 11.2. The molecular weight excluding hydrogens is 444 g/mol. The highest BCUT2D eigenvalue weighted by Gasteiger charge is 2.38. The van der Waals surface area contributed by atoms with E-state index in [9.17, 15) is 8.78 Å². The molecule has 2 heterocycles. The van der Waals surface area contributed by atoms with Crippen LogP contribution in [0.3, 0.4) is 0 Å². The maximum absolute atomic E-state index is 14.9. The molecule has 1 aromatic heterocycles. The first-order valence-corrected chi connectivity index (χ1v) is 11.2. The molecule has 182 valence electrons. The van der Waals surface area contributed by atoms with E-state index in [0.717, 1.165) is 23.9 Å². The van der Waals surface area contributed by atoms with Crippen LogP contribution in [0.5, 0.6) is 5.75 Å². The lowest BCUT2D eigenvalue weighted by Gasteiger charge is -2.38. The molecule has 1 saturated heterocycles. The van der Waals surface area contributed by atoms with E-state index in [1.54, 1.807) is 18.1 Å². The maximum Gasteiger partial charge on any atom is 0.137 e. The number of methoxy groups -OCH3 is 1. The second-order valence-electron chi connectivity index (χ2n) is 8.19. The van der Waals surface area contributed by atoms with Gasteiger partial charge >= 0.3 is 0 Å². The Morgan fingerprint density at radius 1 is 1.21 bits per heavy atom. The van der Waals surface area contributed by atoms with Crippen molar-refractivity contribution in [3.8, 4) is 5.75 Å². The first kappa shape index (κ1) is 24.1. The van der Waals surface area contributed by atoms with E-state index in [-0.39, 0.29) is 18.2 Å². The number of nitrogens with one attached hydrogen (secondary N) is 2. The number of hydrogen-bond acceptors (Lipinski definition) is 7. The summed E-state index contributed by atoms with van der Waals surface area (Å²) >= 11 is 0. The van der Waals surface area contributed by atoms with Gasteiger partial charge in [-0.25, -0.2) is 18.4 Å². The summed E-state index contributed by atoms with van der Waals surface area (Å²) in [7, 11) is 1.63. The van der Waals surface area contributed by atoms with Crippen molar-refractivity contribution in [1.82, 2.24) is 20.1 Å². The number of hydrogen-bond donors (Lipinski definition) is 2. The first-order valence-electron chi connectivity index (χ1n) is 11.2. The minimum absolute atomic E-state index is 0.0355. The summed E-state index contributed by atoms with van der Waals surface area (Å²) < 4.78 is 47.2. The zero-order valence-electron chi connectivity index (χ0n) is 19.0. The topological polar surface area (TPSA) is 82.5 Å². The van der Waals surface area contributed by atoms with Gasteiger partial charge in [-0.05, 0) is 43.3 Å². The lowest BCUT2D eigenvalue weighted by Crippen LogP contribution is -2.49. The third-order valence-electron chi connectivity index (χ3n) is 5.73. The molecule has 2 N–H and O–H groups in total. The van der Waals surface area contributed by atoms with Gasteiger partial charge in [-0.3, -0.25) is 0 Å². The van der Waals surface area contributed by atoms with Crippen molar-refractivity contribution in [2.45, 2.75) is 24.6 Å². The van der Waals surface area contributed by atoms with Crippen molar-refractivity contribution in [3.05, 3.63) is 72.3 Å². The highest BCUT2D eigenvalue weighted by molar-refractivity contribution is 5.47. The maximum atomic E-state index is 14.9. The minimum Gasteiger partial charge on any atom is -0.491 e. The van der Waals surface area contributed by atoms with Gasteiger partial charge in [0, 0.05) is 31.0 Å². The molecule has 4 rings (SSSR count). The van der Waals surface area contributed by atoms with E-state index >= 15 is 0 Å². The van der Waals surface area contributed by atoms with Crippen LogP contribution in [0, 0.1) is 11.6 Å². The molecule has 2 unspecified atom stereocenters. The van der Waals surface area contributed by atoms with Crippen LogP contribution < -0.4 is 15.4 Å². The van der Waals surface area contributed by atoms with E-state index < -0.39 is 17.2 Å². The van der Waals surface area contributed by atoms with Crippen LogP contribution in [0.2, 0.25) is 0 Å². The van der Waals surface area contributed by atoms with Crippen LogP contribution in [0.25, 0.3) is 0 Å². The van der Waals surface area contributed by atoms with Gasteiger partial charge in [0.25, 0.3) is 0 Å². The highest BCUT2D eigenvalue weighted by atomic mass is 19.1. The molecular formula is C24H29F2N5O3. The predicted octanol–water partition coefficient (Wildman–Crippen LogP) is 2.97. The molecule has 0 aliphatic carbocycles. The fourth-order valence-electron chi connectivity index (χ4n) is 4.00. The molecule has 2 aromatic carbocycles. The quantitative estimate of drug-likeness (QED) is 0.463. The average molecular weight is 474 g/mol. The summed E-state index contributed by atoms with van der Waals surface area (Å²) in [5.74, 6) is -0.530. The fraction of sp³-hybridized carbons (Fsp3) is 0.417. The molecule has 10 heteroatoms. The average Bonchev–Trinajstić information content (AvgIpc) is 3.32. The zero-order chi connectivity index (χ0) is 23.8. The van der Waals surface area contributed by atoms with Crippen LogP contribution in [0.15, 0.2) is 55.1 Å². The lowest BCUT2D eigenvalue weighted by atomic mass is 9.91. The smallest absolute Gasteiger partial charge is 0.137 e.